The Morgan fingerprint density at radius 3 is 2.74 bits per heavy atom. The average molecular weight is 278 g/mol. The van der Waals surface area contributed by atoms with Crippen LogP contribution in [0.2, 0.25) is 5.15 Å². The zero-order chi connectivity index (χ0) is 14.0. The maximum Gasteiger partial charge on any atom is 0.295 e. The molecule has 0 fully saturated rings. The average Bonchev–Trinajstić information content (AvgIpc) is 2.37. The molecule has 0 bridgehead atoms. The van der Waals surface area contributed by atoms with Crippen LogP contribution in [0.15, 0.2) is 30.3 Å². The molecule has 0 unspecified atom stereocenters. The van der Waals surface area contributed by atoms with E-state index in [1.807, 2.05) is 0 Å². The smallest absolute Gasteiger partial charge is 0.258 e. The number of hydrogen-bond acceptors (Lipinski definition) is 4. The first-order chi connectivity index (χ1) is 9.01. The monoisotopic (exact) mass is 277 g/mol. The Hall–Kier alpha value is -2.52. The summed E-state index contributed by atoms with van der Waals surface area (Å²) in [5.74, 6) is -0.676. The standard InChI is InChI=1S/C12H5ClFN3O2/c13-11-2-1-10(17(18)19)12(16-11)8-3-7(6-15)4-9(14)5-8/h1-5H. The van der Waals surface area contributed by atoms with Crippen molar-refractivity contribution in [3.63, 3.8) is 0 Å². The minimum absolute atomic E-state index is 0.0448. The number of nitro groups is 1. The summed E-state index contributed by atoms with van der Waals surface area (Å²) >= 11 is 5.69. The largest absolute Gasteiger partial charge is 0.295 e. The molecule has 0 saturated carbocycles. The highest BCUT2D eigenvalue weighted by molar-refractivity contribution is 6.29. The minimum Gasteiger partial charge on any atom is -0.258 e. The van der Waals surface area contributed by atoms with Gasteiger partial charge in [-0.15, -0.1) is 0 Å². The Kier molecular flexibility index (Phi) is 3.40. The van der Waals surface area contributed by atoms with Crippen molar-refractivity contribution in [1.82, 2.24) is 4.98 Å². The lowest BCUT2D eigenvalue weighted by molar-refractivity contribution is -0.384. The second-order valence-corrected chi connectivity index (χ2v) is 3.99. The summed E-state index contributed by atoms with van der Waals surface area (Å²) in [5.41, 5.74) is -0.204. The number of halogens is 2. The molecule has 0 spiro atoms. The zero-order valence-corrected chi connectivity index (χ0v) is 10.1. The first kappa shape index (κ1) is 12.9. The summed E-state index contributed by atoms with van der Waals surface area (Å²) in [6, 6.07) is 7.63. The maximum absolute atomic E-state index is 13.4. The van der Waals surface area contributed by atoms with Crippen molar-refractivity contribution >= 4 is 17.3 Å². The van der Waals surface area contributed by atoms with Crippen LogP contribution in [-0.4, -0.2) is 9.91 Å². The van der Waals surface area contributed by atoms with E-state index in [1.165, 1.54) is 18.2 Å². The van der Waals surface area contributed by atoms with Gasteiger partial charge >= 0.3 is 0 Å². The Bertz CT molecular complexity index is 713. The van der Waals surface area contributed by atoms with Crippen LogP contribution in [0.25, 0.3) is 11.3 Å². The summed E-state index contributed by atoms with van der Waals surface area (Å²) in [6.07, 6.45) is 0. The van der Waals surface area contributed by atoms with Gasteiger partial charge in [-0.2, -0.15) is 5.26 Å². The molecule has 7 heteroatoms. The van der Waals surface area contributed by atoms with E-state index >= 15 is 0 Å². The molecule has 0 aliphatic carbocycles. The molecular weight excluding hydrogens is 273 g/mol. The van der Waals surface area contributed by atoms with Gasteiger partial charge in [0.05, 0.1) is 16.6 Å². The van der Waals surface area contributed by atoms with Crippen molar-refractivity contribution in [2.24, 2.45) is 0 Å². The molecule has 19 heavy (non-hydrogen) atoms. The highest BCUT2D eigenvalue weighted by Gasteiger charge is 2.18. The Morgan fingerprint density at radius 1 is 1.37 bits per heavy atom. The van der Waals surface area contributed by atoms with E-state index in [2.05, 4.69) is 4.98 Å². The van der Waals surface area contributed by atoms with Crippen molar-refractivity contribution in [2.45, 2.75) is 0 Å². The number of nitrogens with zero attached hydrogens (tertiary/aromatic N) is 3. The van der Waals surface area contributed by atoms with E-state index in [0.29, 0.717) is 0 Å². The van der Waals surface area contributed by atoms with Gasteiger partial charge < -0.3 is 0 Å². The third kappa shape index (κ3) is 2.67. The normalized spacial score (nSPS) is 9.95. The van der Waals surface area contributed by atoms with Crippen LogP contribution in [0, 0.1) is 27.3 Å². The highest BCUT2D eigenvalue weighted by Crippen LogP contribution is 2.30. The Balaban J connectivity index is 2.71. The van der Waals surface area contributed by atoms with Gasteiger partial charge in [0.1, 0.15) is 16.7 Å². The van der Waals surface area contributed by atoms with Crippen molar-refractivity contribution in [2.75, 3.05) is 0 Å². The van der Waals surface area contributed by atoms with Gasteiger partial charge in [0, 0.05) is 11.6 Å². The summed E-state index contributed by atoms with van der Waals surface area (Å²) in [6.45, 7) is 0. The quantitative estimate of drug-likeness (QED) is 0.479. The molecule has 1 heterocycles. The number of hydrogen-bond donors (Lipinski definition) is 0. The molecule has 0 radical (unpaired) electrons. The predicted molar refractivity (Wildman–Crippen MR) is 66.0 cm³/mol. The first-order valence-electron chi connectivity index (χ1n) is 5.03. The number of aromatic nitrogens is 1. The molecule has 1 aromatic carbocycles. The second-order valence-electron chi connectivity index (χ2n) is 3.60. The second kappa shape index (κ2) is 5.00. The van der Waals surface area contributed by atoms with Gasteiger partial charge in [0.15, 0.2) is 0 Å². The zero-order valence-electron chi connectivity index (χ0n) is 9.30. The molecule has 2 rings (SSSR count). The van der Waals surface area contributed by atoms with Crippen LogP contribution >= 0.6 is 11.6 Å². The molecule has 2 aromatic rings. The lowest BCUT2D eigenvalue weighted by atomic mass is 10.1. The van der Waals surface area contributed by atoms with Gasteiger partial charge in [0.2, 0.25) is 0 Å². The SMILES string of the molecule is N#Cc1cc(F)cc(-c2nc(Cl)ccc2[N+](=O)[O-])c1. The molecule has 0 amide bonds. The molecule has 0 atom stereocenters. The van der Waals surface area contributed by atoms with Crippen molar-refractivity contribution in [1.29, 1.82) is 5.26 Å². The van der Waals surface area contributed by atoms with Crippen molar-refractivity contribution in [3.05, 3.63) is 57.0 Å². The number of nitriles is 1. The lowest BCUT2D eigenvalue weighted by Crippen LogP contribution is -1.96. The lowest BCUT2D eigenvalue weighted by Gasteiger charge is -2.04. The third-order valence-electron chi connectivity index (χ3n) is 2.34. The maximum atomic E-state index is 13.4. The van der Waals surface area contributed by atoms with Crippen molar-refractivity contribution in [3.8, 4) is 17.3 Å². The molecule has 1 aromatic heterocycles. The van der Waals surface area contributed by atoms with Crippen molar-refractivity contribution < 1.29 is 9.31 Å². The molecule has 94 valence electrons. The van der Waals surface area contributed by atoms with Gasteiger partial charge in [0.25, 0.3) is 5.69 Å². The van der Waals surface area contributed by atoms with Gasteiger partial charge in [-0.3, -0.25) is 10.1 Å². The van der Waals surface area contributed by atoms with Crippen LogP contribution in [-0.2, 0) is 0 Å². The molecule has 0 saturated heterocycles. The first-order valence-corrected chi connectivity index (χ1v) is 5.41. The molecular formula is C12H5ClFN3O2. The van der Waals surface area contributed by atoms with E-state index in [9.17, 15) is 14.5 Å². The number of pyridine rings is 1. The van der Waals surface area contributed by atoms with Crippen LogP contribution in [0.3, 0.4) is 0 Å². The molecule has 5 nitrogen and oxygen atoms in total. The Labute approximate surface area is 112 Å². The number of benzene rings is 1. The summed E-state index contributed by atoms with van der Waals surface area (Å²) in [4.78, 5) is 14.1. The van der Waals surface area contributed by atoms with Gasteiger partial charge in [-0.05, 0) is 24.3 Å². The molecule has 0 N–H and O–H groups in total. The fourth-order valence-corrected chi connectivity index (χ4v) is 1.73. The number of rotatable bonds is 2. The minimum atomic E-state index is -0.676. The van der Waals surface area contributed by atoms with E-state index in [1.54, 1.807) is 6.07 Å². The summed E-state index contributed by atoms with van der Waals surface area (Å²) in [5, 5.41) is 19.7. The van der Waals surface area contributed by atoms with E-state index < -0.39 is 10.7 Å². The predicted octanol–water partition coefficient (Wildman–Crippen LogP) is 3.32. The van der Waals surface area contributed by atoms with Crippen LogP contribution < -0.4 is 0 Å². The summed E-state index contributed by atoms with van der Waals surface area (Å²) in [7, 11) is 0. The third-order valence-corrected chi connectivity index (χ3v) is 2.55. The fraction of sp³-hybridized carbons (Fsp3) is 0. The van der Waals surface area contributed by atoms with Gasteiger partial charge in [-0.1, -0.05) is 11.6 Å². The van der Waals surface area contributed by atoms with Gasteiger partial charge in [-0.25, -0.2) is 9.37 Å². The molecule has 0 aliphatic heterocycles. The Morgan fingerprint density at radius 2 is 2.11 bits per heavy atom. The van der Waals surface area contributed by atoms with Crippen LogP contribution in [0.5, 0.6) is 0 Å². The summed E-state index contributed by atoms with van der Waals surface area (Å²) < 4.78 is 13.4. The topological polar surface area (TPSA) is 79.8 Å². The van der Waals surface area contributed by atoms with E-state index in [4.69, 9.17) is 16.9 Å². The van der Waals surface area contributed by atoms with Crippen LogP contribution in [0.1, 0.15) is 5.56 Å². The fourth-order valence-electron chi connectivity index (χ4n) is 1.58. The van der Waals surface area contributed by atoms with E-state index in [0.717, 1.165) is 12.1 Å². The van der Waals surface area contributed by atoms with Crippen LogP contribution in [0.4, 0.5) is 10.1 Å². The highest BCUT2D eigenvalue weighted by atomic mass is 35.5. The molecule has 0 aliphatic rings. The van der Waals surface area contributed by atoms with E-state index in [-0.39, 0.29) is 27.7 Å².